The lowest BCUT2D eigenvalue weighted by molar-refractivity contribution is 0.0646. The lowest BCUT2D eigenvalue weighted by atomic mass is 10.1. The van der Waals surface area contributed by atoms with Gasteiger partial charge in [-0.2, -0.15) is 0 Å². The van der Waals surface area contributed by atoms with Crippen LogP contribution in [0.2, 0.25) is 0 Å². The summed E-state index contributed by atoms with van der Waals surface area (Å²) in [5, 5.41) is 19.2. The standard InChI is InChI=1S/C28H32N2O6/c31-27(32)23-9-10-24(35-19-5-1-3-7-21-11-15-29-16-12-21)26(25(23)28(33)34)36-20-6-2-4-8-22-13-17-30-18-14-22/h9-18H,1-8,19-20H2,(H,31,32)(H,33,34). The first-order valence-corrected chi connectivity index (χ1v) is 12.2. The highest BCUT2D eigenvalue weighted by atomic mass is 16.5. The van der Waals surface area contributed by atoms with E-state index in [1.165, 1.54) is 23.3 Å². The number of benzene rings is 1. The molecule has 8 heteroatoms. The molecule has 0 spiro atoms. The zero-order valence-corrected chi connectivity index (χ0v) is 20.3. The molecule has 0 aliphatic heterocycles. The Morgan fingerprint density at radius 1 is 0.639 bits per heavy atom. The van der Waals surface area contributed by atoms with E-state index in [0.29, 0.717) is 13.0 Å². The van der Waals surface area contributed by atoms with Crippen LogP contribution < -0.4 is 9.47 Å². The number of carboxylic acid groups (broad SMARTS) is 2. The molecule has 0 fully saturated rings. The van der Waals surface area contributed by atoms with Gasteiger partial charge in [-0.05, 0) is 98.9 Å². The summed E-state index contributed by atoms with van der Waals surface area (Å²) in [5.41, 5.74) is 1.75. The van der Waals surface area contributed by atoms with Crippen molar-refractivity contribution in [2.24, 2.45) is 0 Å². The second-order valence-electron chi connectivity index (χ2n) is 8.45. The van der Waals surface area contributed by atoms with Gasteiger partial charge in [0.05, 0.1) is 18.8 Å². The Morgan fingerprint density at radius 2 is 1.17 bits per heavy atom. The third-order valence-corrected chi connectivity index (χ3v) is 5.79. The number of aromatic carboxylic acids is 2. The summed E-state index contributed by atoms with van der Waals surface area (Å²) in [6.45, 7) is 0.645. The third-order valence-electron chi connectivity index (χ3n) is 5.79. The molecule has 1 aromatic carbocycles. The Labute approximate surface area is 211 Å². The Kier molecular flexibility index (Phi) is 10.7. The maximum absolute atomic E-state index is 11.9. The van der Waals surface area contributed by atoms with Crippen LogP contribution >= 0.6 is 0 Å². The van der Waals surface area contributed by atoms with Gasteiger partial charge in [0.15, 0.2) is 11.5 Å². The predicted octanol–water partition coefficient (Wildman–Crippen LogP) is 5.46. The van der Waals surface area contributed by atoms with Crippen LogP contribution in [0, 0.1) is 0 Å². The summed E-state index contributed by atoms with van der Waals surface area (Å²) >= 11 is 0. The molecule has 3 aromatic rings. The number of aromatic nitrogens is 2. The predicted molar refractivity (Wildman–Crippen MR) is 135 cm³/mol. The first-order valence-electron chi connectivity index (χ1n) is 12.2. The second-order valence-corrected chi connectivity index (χ2v) is 8.45. The maximum atomic E-state index is 11.9. The van der Waals surface area contributed by atoms with E-state index < -0.39 is 11.9 Å². The number of ether oxygens (including phenoxy) is 2. The van der Waals surface area contributed by atoms with Gasteiger partial charge < -0.3 is 19.7 Å². The molecule has 0 aliphatic rings. The van der Waals surface area contributed by atoms with Crippen LogP contribution in [0.15, 0.2) is 61.2 Å². The number of aryl methyl sites for hydroxylation is 2. The highest BCUT2D eigenvalue weighted by molar-refractivity contribution is 6.04. The number of unbranched alkanes of at least 4 members (excludes halogenated alkanes) is 4. The average molecular weight is 493 g/mol. The molecule has 190 valence electrons. The van der Waals surface area contributed by atoms with Crippen LogP contribution in [0.5, 0.6) is 11.5 Å². The van der Waals surface area contributed by atoms with Gasteiger partial charge in [-0.25, -0.2) is 9.59 Å². The van der Waals surface area contributed by atoms with Crippen LogP contribution in [-0.4, -0.2) is 45.3 Å². The van der Waals surface area contributed by atoms with E-state index in [-0.39, 0.29) is 29.2 Å². The number of hydrogen-bond donors (Lipinski definition) is 2. The van der Waals surface area contributed by atoms with Crippen LogP contribution in [0.1, 0.15) is 70.4 Å². The van der Waals surface area contributed by atoms with Crippen molar-refractivity contribution < 1.29 is 29.3 Å². The fourth-order valence-electron chi connectivity index (χ4n) is 3.88. The molecule has 0 aliphatic carbocycles. The Balaban J connectivity index is 1.53. The highest BCUT2D eigenvalue weighted by Gasteiger charge is 2.25. The van der Waals surface area contributed by atoms with E-state index in [4.69, 9.17) is 9.47 Å². The minimum atomic E-state index is -1.36. The van der Waals surface area contributed by atoms with E-state index in [9.17, 15) is 19.8 Å². The van der Waals surface area contributed by atoms with Crippen LogP contribution in [0.25, 0.3) is 0 Å². The molecule has 0 atom stereocenters. The van der Waals surface area contributed by atoms with Crippen molar-refractivity contribution in [1.82, 2.24) is 9.97 Å². The molecule has 0 saturated heterocycles. The lowest BCUT2D eigenvalue weighted by Gasteiger charge is -2.16. The summed E-state index contributed by atoms with van der Waals surface area (Å²) < 4.78 is 11.7. The van der Waals surface area contributed by atoms with Gasteiger partial charge >= 0.3 is 11.9 Å². The molecular formula is C28H32N2O6. The summed E-state index contributed by atoms with van der Waals surface area (Å²) in [4.78, 5) is 31.6. The normalized spacial score (nSPS) is 10.7. The van der Waals surface area contributed by atoms with Crippen LogP contribution in [0.3, 0.4) is 0 Å². The quantitative estimate of drug-likeness (QED) is 0.253. The van der Waals surface area contributed by atoms with Gasteiger partial charge in [0.25, 0.3) is 0 Å². The topological polar surface area (TPSA) is 119 Å². The fourth-order valence-corrected chi connectivity index (χ4v) is 3.88. The Bertz CT molecular complexity index is 1110. The number of pyridine rings is 2. The van der Waals surface area contributed by atoms with Crippen LogP contribution in [0.4, 0.5) is 0 Å². The first kappa shape index (κ1) is 26.7. The number of nitrogens with zero attached hydrogens (tertiary/aromatic N) is 2. The van der Waals surface area contributed by atoms with Crippen molar-refractivity contribution in [3.8, 4) is 11.5 Å². The van der Waals surface area contributed by atoms with E-state index >= 15 is 0 Å². The molecule has 0 bridgehead atoms. The molecule has 2 N–H and O–H groups in total. The van der Waals surface area contributed by atoms with Gasteiger partial charge in [0.2, 0.25) is 0 Å². The zero-order valence-electron chi connectivity index (χ0n) is 20.3. The molecule has 0 unspecified atom stereocenters. The molecule has 0 amide bonds. The van der Waals surface area contributed by atoms with Crippen molar-refractivity contribution >= 4 is 11.9 Å². The Hall–Kier alpha value is -3.94. The largest absolute Gasteiger partial charge is 0.490 e. The number of carboxylic acids is 2. The SMILES string of the molecule is O=C(O)c1ccc(OCCCCCc2ccncc2)c(OCCCCCc2ccncc2)c1C(=O)O. The summed E-state index contributed by atoms with van der Waals surface area (Å²) in [6, 6.07) is 10.7. The first-order chi connectivity index (χ1) is 17.6. The van der Waals surface area contributed by atoms with E-state index in [1.807, 2.05) is 24.3 Å². The van der Waals surface area contributed by atoms with Crippen LogP contribution in [-0.2, 0) is 12.8 Å². The zero-order chi connectivity index (χ0) is 25.6. The molecule has 2 aromatic heterocycles. The smallest absolute Gasteiger partial charge is 0.340 e. The third kappa shape index (κ3) is 8.37. The van der Waals surface area contributed by atoms with Crippen molar-refractivity contribution in [3.05, 3.63) is 83.4 Å². The molecule has 36 heavy (non-hydrogen) atoms. The fraction of sp³-hybridized carbons (Fsp3) is 0.357. The molecule has 3 rings (SSSR count). The number of carbonyl (C=O) groups is 2. The van der Waals surface area contributed by atoms with Gasteiger partial charge in [0.1, 0.15) is 5.56 Å². The minimum Gasteiger partial charge on any atom is -0.490 e. The van der Waals surface area contributed by atoms with Crippen molar-refractivity contribution in [2.75, 3.05) is 13.2 Å². The summed E-state index contributed by atoms with van der Waals surface area (Å²) in [7, 11) is 0. The summed E-state index contributed by atoms with van der Waals surface area (Å²) in [5.74, 6) is -2.45. The van der Waals surface area contributed by atoms with Gasteiger partial charge in [-0.1, -0.05) is 0 Å². The Morgan fingerprint density at radius 3 is 1.67 bits per heavy atom. The van der Waals surface area contributed by atoms with Crippen molar-refractivity contribution in [1.29, 1.82) is 0 Å². The molecule has 8 nitrogen and oxygen atoms in total. The number of rotatable bonds is 16. The minimum absolute atomic E-state index is 0.0201. The van der Waals surface area contributed by atoms with Gasteiger partial charge in [0, 0.05) is 24.8 Å². The molecular weight excluding hydrogens is 460 g/mol. The molecule has 0 saturated carbocycles. The average Bonchev–Trinajstić information content (AvgIpc) is 2.89. The highest BCUT2D eigenvalue weighted by Crippen LogP contribution is 2.35. The summed E-state index contributed by atoms with van der Waals surface area (Å²) in [6.07, 6.45) is 14.2. The van der Waals surface area contributed by atoms with E-state index in [0.717, 1.165) is 44.9 Å². The number of hydrogen-bond acceptors (Lipinski definition) is 6. The monoisotopic (exact) mass is 492 g/mol. The van der Waals surface area contributed by atoms with E-state index in [2.05, 4.69) is 9.97 Å². The maximum Gasteiger partial charge on any atom is 0.340 e. The van der Waals surface area contributed by atoms with E-state index in [1.54, 1.807) is 24.8 Å². The van der Waals surface area contributed by atoms with Crippen molar-refractivity contribution in [2.45, 2.75) is 51.4 Å². The van der Waals surface area contributed by atoms with Gasteiger partial charge in [-0.15, -0.1) is 0 Å². The lowest BCUT2D eigenvalue weighted by Crippen LogP contribution is -2.13. The molecule has 2 heterocycles. The van der Waals surface area contributed by atoms with Crippen molar-refractivity contribution in [3.63, 3.8) is 0 Å². The van der Waals surface area contributed by atoms with Gasteiger partial charge in [-0.3, -0.25) is 9.97 Å². The second kappa shape index (κ2) is 14.5. The molecule has 0 radical (unpaired) electrons.